The Morgan fingerprint density at radius 2 is 2.20 bits per heavy atom. The van der Waals surface area contributed by atoms with E-state index in [9.17, 15) is 9.18 Å². The first-order chi connectivity index (χ1) is 14.7. The summed E-state index contributed by atoms with van der Waals surface area (Å²) in [7, 11) is 0. The second kappa shape index (κ2) is 10.00. The molecule has 1 aliphatic rings. The molecular weight excluding hydrogens is 401 g/mol. The minimum atomic E-state index is -0.349. The van der Waals surface area contributed by atoms with Crippen LogP contribution in [0.25, 0.3) is 11.3 Å². The van der Waals surface area contributed by atoms with Crippen LogP contribution >= 0.6 is 11.3 Å². The number of hydrogen-bond donors (Lipinski definition) is 1. The molecule has 3 aromatic rings. The average Bonchev–Trinajstić information content (AvgIpc) is 3.44. The highest BCUT2D eigenvalue weighted by molar-refractivity contribution is 7.09. The van der Waals surface area contributed by atoms with Crippen LogP contribution in [0.5, 0.6) is 0 Å². The van der Waals surface area contributed by atoms with Crippen molar-refractivity contribution in [3.8, 4) is 11.3 Å². The Bertz CT molecular complexity index is 957. The lowest BCUT2D eigenvalue weighted by atomic mass is 9.98. The lowest BCUT2D eigenvalue weighted by molar-refractivity contribution is -0.121. The Kier molecular flexibility index (Phi) is 6.92. The van der Waals surface area contributed by atoms with Gasteiger partial charge in [0.05, 0.1) is 11.8 Å². The van der Waals surface area contributed by atoms with Gasteiger partial charge in [0.15, 0.2) is 11.7 Å². The molecule has 30 heavy (non-hydrogen) atoms. The van der Waals surface area contributed by atoms with Crippen LogP contribution < -0.4 is 5.32 Å². The SMILES string of the molecule is O=C(CCc1ncc(-c2ccccc2F)o1)NCC1CCCN(Cc2cccs2)C1. The van der Waals surface area contributed by atoms with Crippen LogP contribution in [0, 0.1) is 11.7 Å². The topological polar surface area (TPSA) is 58.4 Å². The van der Waals surface area contributed by atoms with Crippen molar-refractivity contribution in [1.29, 1.82) is 0 Å². The first kappa shape index (κ1) is 20.8. The van der Waals surface area contributed by atoms with E-state index in [1.807, 2.05) is 0 Å². The number of aromatic nitrogens is 1. The lowest BCUT2D eigenvalue weighted by Crippen LogP contribution is -2.40. The number of amides is 1. The van der Waals surface area contributed by atoms with Crippen molar-refractivity contribution in [3.63, 3.8) is 0 Å². The molecule has 1 aliphatic heterocycles. The van der Waals surface area contributed by atoms with Crippen LogP contribution in [0.3, 0.4) is 0 Å². The molecule has 4 rings (SSSR count). The van der Waals surface area contributed by atoms with Gasteiger partial charge in [0.2, 0.25) is 5.91 Å². The fourth-order valence-corrected chi connectivity index (χ4v) is 4.61. The van der Waals surface area contributed by atoms with E-state index in [0.29, 0.717) is 42.5 Å². The number of oxazole rings is 1. The number of hydrogen-bond acceptors (Lipinski definition) is 5. The van der Waals surface area contributed by atoms with Crippen molar-refractivity contribution in [2.75, 3.05) is 19.6 Å². The van der Waals surface area contributed by atoms with Crippen molar-refractivity contribution in [1.82, 2.24) is 15.2 Å². The van der Waals surface area contributed by atoms with E-state index in [1.54, 1.807) is 29.5 Å². The van der Waals surface area contributed by atoms with E-state index < -0.39 is 0 Å². The maximum absolute atomic E-state index is 13.9. The summed E-state index contributed by atoms with van der Waals surface area (Å²) in [6, 6.07) is 10.7. The number of halogens is 1. The van der Waals surface area contributed by atoms with Crippen LogP contribution in [-0.4, -0.2) is 35.4 Å². The molecule has 0 bridgehead atoms. The van der Waals surface area contributed by atoms with E-state index in [2.05, 4.69) is 32.7 Å². The van der Waals surface area contributed by atoms with Gasteiger partial charge in [-0.2, -0.15) is 0 Å². The third-order valence-electron chi connectivity index (χ3n) is 5.41. The van der Waals surface area contributed by atoms with E-state index in [4.69, 9.17) is 4.42 Å². The Morgan fingerprint density at radius 1 is 1.30 bits per heavy atom. The smallest absolute Gasteiger partial charge is 0.220 e. The number of nitrogens with one attached hydrogen (secondary N) is 1. The van der Waals surface area contributed by atoms with E-state index in [0.717, 1.165) is 26.1 Å². The number of carbonyl (C=O) groups excluding carboxylic acids is 1. The number of rotatable bonds is 8. The van der Waals surface area contributed by atoms with Gasteiger partial charge in [-0.05, 0) is 48.9 Å². The number of carbonyl (C=O) groups is 1. The fourth-order valence-electron chi connectivity index (χ4n) is 3.86. The van der Waals surface area contributed by atoms with Crippen molar-refractivity contribution >= 4 is 17.2 Å². The van der Waals surface area contributed by atoms with Crippen molar-refractivity contribution in [2.45, 2.75) is 32.2 Å². The molecule has 5 nitrogen and oxygen atoms in total. The summed E-state index contributed by atoms with van der Waals surface area (Å²) < 4.78 is 19.5. The molecule has 0 radical (unpaired) electrons. The Labute approximate surface area is 179 Å². The van der Waals surface area contributed by atoms with Crippen LogP contribution in [-0.2, 0) is 17.8 Å². The monoisotopic (exact) mass is 427 g/mol. The van der Waals surface area contributed by atoms with Gasteiger partial charge >= 0.3 is 0 Å². The van der Waals surface area contributed by atoms with E-state index in [1.165, 1.54) is 23.6 Å². The van der Waals surface area contributed by atoms with Crippen LogP contribution in [0.4, 0.5) is 4.39 Å². The van der Waals surface area contributed by atoms with Gasteiger partial charge < -0.3 is 9.73 Å². The molecule has 1 amide bonds. The molecule has 0 spiro atoms. The molecule has 1 N–H and O–H groups in total. The Morgan fingerprint density at radius 3 is 3.03 bits per heavy atom. The van der Waals surface area contributed by atoms with Gasteiger partial charge in [0.25, 0.3) is 0 Å². The van der Waals surface area contributed by atoms with Gasteiger partial charge in [-0.1, -0.05) is 18.2 Å². The highest BCUT2D eigenvalue weighted by Crippen LogP contribution is 2.24. The summed E-state index contributed by atoms with van der Waals surface area (Å²) in [5.41, 5.74) is 0.380. The van der Waals surface area contributed by atoms with Gasteiger partial charge in [0.1, 0.15) is 5.82 Å². The molecule has 0 saturated carbocycles. The zero-order chi connectivity index (χ0) is 20.8. The first-order valence-electron chi connectivity index (χ1n) is 10.4. The van der Waals surface area contributed by atoms with Crippen LogP contribution in [0.15, 0.2) is 52.4 Å². The van der Waals surface area contributed by atoms with Gasteiger partial charge in [-0.15, -0.1) is 11.3 Å². The summed E-state index contributed by atoms with van der Waals surface area (Å²) in [5.74, 6) is 0.964. The molecule has 1 fully saturated rings. The average molecular weight is 428 g/mol. The predicted octanol–water partition coefficient (Wildman–Crippen LogP) is 4.50. The number of likely N-dealkylation sites (tertiary alicyclic amines) is 1. The third-order valence-corrected chi connectivity index (χ3v) is 6.27. The minimum absolute atomic E-state index is 0.00368. The van der Waals surface area contributed by atoms with Crippen LogP contribution in [0.2, 0.25) is 0 Å². The summed E-state index contributed by atoms with van der Waals surface area (Å²) in [6.07, 6.45) is 4.53. The molecule has 7 heteroatoms. The number of piperidine rings is 1. The maximum atomic E-state index is 13.9. The van der Waals surface area contributed by atoms with Gasteiger partial charge in [0, 0.05) is 37.4 Å². The van der Waals surface area contributed by atoms with Crippen molar-refractivity contribution in [2.24, 2.45) is 5.92 Å². The van der Waals surface area contributed by atoms with E-state index >= 15 is 0 Å². The number of thiophene rings is 1. The highest BCUT2D eigenvalue weighted by Gasteiger charge is 2.21. The summed E-state index contributed by atoms with van der Waals surface area (Å²) in [5, 5.41) is 5.17. The van der Waals surface area contributed by atoms with Gasteiger partial charge in [-0.3, -0.25) is 9.69 Å². The highest BCUT2D eigenvalue weighted by atomic mass is 32.1. The van der Waals surface area contributed by atoms with Crippen LogP contribution in [0.1, 0.15) is 30.0 Å². The summed E-state index contributed by atoms with van der Waals surface area (Å²) in [4.78, 5) is 20.3. The standard InChI is InChI=1S/C23H26FN3O2S/c24-20-8-2-1-7-19(20)21-14-26-23(29-21)10-9-22(28)25-13-17-5-3-11-27(15-17)16-18-6-4-12-30-18/h1-2,4,6-8,12,14,17H,3,5,9-11,13,15-16H2,(H,25,28). The molecular formula is C23H26FN3O2S. The third kappa shape index (κ3) is 5.55. The molecule has 3 heterocycles. The Balaban J connectivity index is 1.20. The molecule has 2 aromatic heterocycles. The zero-order valence-corrected chi connectivity index (χ0v) is 17.7. The largest absolute Gasteiger partial charge is 0.441 e. The molecule has 1 atom stereocenters. The number of benzene rings is 1. The molecule has 1 saturated heterocycles. The normalized spacial score (nSPS) is 17.2. The number of nitrogens with zero attached hydrogens (tertiary/aromatic N) is 2. The minimum Gasteiger partial charge on any atom is -0.441 e. The summed E-state index contributed by atoms with van der Waals surface area (Å²) >= 11 is 1.79. The van der Waals surface area contributed by atoms with Crippen molar-refractivity contribution in [3.05, 3.63) is 64.6 Å². The quantitative estimate of drug-likeness (QED) is 0.575. The second-order valence-corrected chi connectivity index (χ2v) is 8.76. The first-order valence-corrected chi connectivity index (χ1v) is 11.3. The van der Waals surface area contributed by atoms with Crippen molar-refractivity contribution < 1.29 is 13.6 Å². The van der Waals surface area contributed by atoms with E-state index in [-0.39, 0.29) is 11.7 Å². The maximum Gasteiger partial charge on any atom is 0.220 e. The fraction of sp³-hybridized carbons (Fsp3) is 0.391. The lowest BCUT2D eigenvalue weighted by Gasteiger charge is -2.32. The predicted molar refractivity (Wildman–Crippen MR) is 116 cm³/mol. The Hall–Kier alpha value is -2.51. The second-order valence-electron chi connectivity index (χ2n) is 7.72. The molecule has 0 aliphatic carbocycles. The number of aryl methyl sites for hydroxylation is 1. The molecule has 1 aromatic carbocycles. The summed E-state index contributed by atoms with van der Waals surface area (Å²) in [6.45, 7) is 3.84. The van der Waals surface area contributed by atoms with Gasteiger partial charge in [-0.25, -0.2) is 9.37 Å². The molecule has 158 valence electrons. The zero-order valence-electron chi connectivity index (χ0n) is 16.9. The molecule has 1 unspecified atom stereocenters.